The molecule has 2 aliphatic heterocycles. The van der Waals surface area contributed by atoms with Crippen LogP contribution in [0.3, 0.4) is 0 Å². The van der Waals surface area contributed by atoms with Gasteiger partial charge in [-0.15, -0.1) is 0 Å². The van der Waals surface area contributed by atoms with Crippen LogP contribution in [0.5, 0.6) is 5.75 Å². The van der Waals surface area contributed by atoms with Crippen molar-refractivity contribution >= 4 is 34.2 Å². The maximum absolute atomic E-state index is 13.3. The van der Waals surface area contributed by atoms with Crippen molar-refractivity contribution in [2.45, 2.75) is 89.9 Å². The van der Waals surface area contributed by atoms with E-state index in [0.29, 0.717) is 24.0 Å². The van der Waals surface area contributed by atoms with Gasteiger partial charge in [-0.05, 0) is 105 Å². The van der Waals surface area contributed by atoms with E-state index in [-0.39, 0.29) is 29.1 Å². The first-order valence-electron chi connectivity index (χ1n) is 15.9. The van der Waals surface area contributed by atoms with E-state index in [1.807, 2.05) is 25.1 Å². The molecule has 6 nitrogen and oxygen atoms in total. The Labute approximate surface area is 259 Å². The summed E-state index contributed by atoms with van der Waals surface area (Å²) >= 11 is 6.42. The van der Waals surface area contributed by atoms with Crippen LogP contribution in [0.2, 0.25) is 5.02 Å². The quantitative estimate of drug-likeness (QED) is 0.382. The second-order valence-electron chi connectivity index (χ2n) is 12.5. The number of halogens is 1. The van der Waals surface area contributed by atoms with Crippen molar-refractivity contribution in [3.05, 3.63) is 58.1 Å². The summed E-state index contributed by atoms with van der Waals surface area (Å²) in [5.74, 6) is 1.92. The minimum atomic E-state index is -1.47. The van der Waals surface area contributed by atoms with Gasteiger partial charge in [0.05, 0.1) is 23.6 Å². The smallest absolute Gasteiger partial charge is 0.263 e. The van der Waals surface area contributed by atoms with Gasteiger partial charge < -0.3 is 14.4 Å². The van der Waals surface area contributed by atoms with Gasteiger partial charge in [0.15, 0.2) is 0 Å². The van der Waals surface area contributed by atoms with Crippen LogP contribution in [0, 0.1) is 17.8 Å². The molecule has 2 aromatic rings. The molecule has 1 saturated carbocycles. The molecule has 0 radical (unpaired) electrons. The van der Waals surface area contributed by atoms with E-state index in [2.05, 4.69) is 42.5 Å². The molecule has 3 aliphatic rings. The molecule has 42 heavy (non-hydrogen) atoms. The van der Waals surface area contributed by atoms with Crippen LogP contribution in [0.15, 0.2) is 36.4 Å². The van der Waals surface area contributed by atoms with E-state index in [0.717, 1.165) is 68.3 Å². The Kier molecular flexibility index (Phi) is 10.5. The molecule has 5 rings (SSSR count). The van der Waals surface area contributed by atoms with E-state index in [1.165, 1.54) is 24.0 Å². The Hall–Kier alpha value is -2.09. The fraction of sp³-hybridized carbons (Fsp3) is 0.618. The van der Waals surface area contributed by atoms with E-state index < -0.39 is 11.0 Å². The van der Waals surface area contributed by atoms with E-state index in [9.17, 15) is 9.00 Å². The van der Waals surface area contributed by atoms with Crippen LogP contribution in [0.25, 0.3) is 0 Å². The summed E-state index contributed by atoms with van der Waals surface area (Å²) < 4.78 is 28.8. The molecule has 7 unspecified atom stereocenters. The van der Waals surface area contributed by atoms with Crippen LogP contribution in [-0.2, 0) is 22.1 Å². The van der Waals surface area contributed by atoms with Crippen molar-refractivity contribution in [2.24, 2.45) is 17.8 Å². The van der Waals surface area contributed by atoms with Crippen LogP contribution in [0.4, 0.5) is 5.69 Å². The number of carbonyl (C=O) groups is 1. The van der Waals surface area contributed by atoms with Crippen molar-refractivity contribution in [1.29, 1.82) is 0 Å². The Bertz CT molecular complexity index is 1270. The Morgan fingerprint density at radius 1 is 1.07 bits per heavy atom. The number of carbonyl (C=O) groups excluding carboxylic acids is 1. The lowest BCUT2D eigenvalue weighted by Crippen LogP contribution is -2.45. The number of amides is 1. The zero-order valence-electron chi connectivity index (χ0n) is 25.6. The minimum Gasteiger partial charge on any atom is -0.491 e. The first-order chi connectivity index (χ1) is 20.3. The van der Waals surface area contributed by atoms with Gasteiger partial charge in [-0.2, -0.15) is 0 Å². The highest BCUT2D eigenvalue weighted by atomic mass is 35.5. The average Bonchev–Trinajstić information content (AvgIpc) is 3.13. The minimum absolute atomic E-state index is 0.137. The van der Waals surface area contributed by atoms with Gasteiger partial charge in [0.1, 0.15) is 16.7 Å². The third-order valence-electron chi connectivity index (χ3n) is 9.78. The van der Waals surface area contributed by atoms with Crippen molar-refractivity contribution < 1.29 is 18.5 Å². The summed E-state index contributed by atoms with van der Waals surface area (Å²) in [6, 6.07) is 11.9. The molecular weight excluding hydrogens is 568 g/mol. The second kappa shape index (κ2) is 14.1. The number of nitrogens with zero attached hydrogens (tertiary/aromatic N) is 1. The van der Waals surface area contributed by atoms with Crippen LogP contribution < -0.4 is 14.4 Å². The van der Waals surface area contributed by atoms with Crippen molar-refractivity contribution in [3.63, 3.8) is 0 Å². The highest BCUT2D eigenvalue weighted by Crippen LogP contribution is 2.44. The lowest BCUT2D eigenvalue weighted by atomic mass is 9.69. The number of hydrogen-bond acceptors (Lipinski definition) is 5. The monoisotopic (exact) mass is 614 g/mol. The summed E-state index contributed by atoms with van der Waals surface area (Å²) in [5, 5.41) is 0.628. The topological polar surface area (TPSA) is 67.9 Å². The highest BCUT2D eigenvalue weighted by molar-refractivity contribution is 7.84. The highest BCUT2D eigenvalue weighted by Gasteiger charge is 2.40. The number of fused-ring (bicyclic) bond motifs is 2. The lowest BCUT2D eigenvalue weighted by Gasteiger charge is -2.45. The van der Waals surface area contributed by atoms with Crippen LogP contribution in [-0.4, -0.2) is 47.8 Å². The number of rotatable bonds is 5. The van der Waals surface area contributed by atoms with Crippen LogP contribution in [0.1, 0.15) is 93.6 Å². The lowest BCUT2D eigenvalue weighted by molar-refractivity contribution is -0.0426. The van der Waals surface area contributed by atoms with Crippen molar-refractivity contribution in [2.75, 3.05) is 31.2 Å². The third-order valence-corrected chi connectivity index (χ3v) is 11.5. The molecule has 1 N–H and O–H groups in total. The molecule has 8 heteroatoms. The summed E-state index contributed by atoms with van der Waals surface area (Å²) in [6.45, 7) is 11.4. The van der Waals surface area contributed by atoms with Crippen molar-refractivity contribution in [1.82, 2.24) is 4.72 Å². The van der Waals surface area contributed by atoms with Gasteiger partial charge in [0, 0.05) is 36.2 Å². The maximum atomic E-state index is 13.3. The molecule has 230 valence electrons. The fourth-order valence-electron chi connectivity index (χ4n) is 7.01. The van der Waals surface area contributed by atoms with Crippen LogP contribution >= 0.6 is 11.6 Å². The summed E-state index contributed by atoms with van der Waals surface area (Å²) in [6.07, 6.45) is 7.64. The van der Waals surface area contributed by atoms with E-state index in [4.69, 9.17) is 21.1 Å². The standard InChI is InChI=1S/C34H47ClN2O4S/c1-5-8-24-17-28(35)13-15-29(24)27-20-37-19-26-11-14-30(26)32(40-6-2)10-7-9-22(3)23(4)42(39)36-34(38)25-12-16-33(41-21-27)31(37)18-25/h12-13,15-18,22-23,26-27,30,32H,5-11,14,19-21H2,1-4H3,(H,36,38). The maximum Gasteiger partial charge on any atom is 0.263 e. The summed E-state index contributed by atoms with van der Waals surface area (Å²) in [4.78, 5) is 15.8. The summed E-state index contributed by atoms with van der Waals surface area (Å²) in [5.41, 5.74) is 4.02. The molecule has 2 bridgehead atoms. The number of benzene rings is 2. The van der Waals surface area contributed by atoms with Gasteiger partial charge in [-0.1, -0.05) is 44.4 Å². The van der Waals surface area contributed by atoms with Gasteiger partial charge in [-0.25, -0.2) is 4.21 Å². The first-order valence-corrected chi connectivity index (χ1v) is 17.5. The zero-order valence-corrected chi connectivity index (χ0v) is 27.1. The Morgan fingerprint density at radius 3 is 2.64 bits per heavy atom. The normalized spacial score (nSPS) is 30.4. The number of ether oxygens (including phenoxy) is 2. The van der Waals surface area contributed by atoms with Gasteiger partial charge in [0.2, 0.25) is 0 Å². The molecular formula is C34H47ClN2O4S. The predicted molar refractivity (Wildman–Crippen MR) is 172 cm³/mol. The number of aryl methyl sites for hydroxylation is 1. The average molecular weight is 615 g/mol. The Morgan fingerprint density at radius 2 is 1.90 bits per heavy atom. The number of nitrogens with one attached hydrogen (secondary N) is 1. The molecule has 0 spiro atoms. The molecule has 2 heterocycles. The predicted octanol–water partition coefficient (Wildman–Crippen LogP) is 7.31. The third kappa shape index (κ3) is 7.00. The van der Waals surface area contributed by atoms with Gasteiger partial charge in [-0.3, -0.25) is 9.52 Å². The zero-order chi connectivity index (χ0) is 29.8. The van der Waals surface area contributed by atoms with E-state index >= 15 is 0 Å². The molecule has 7 atom stereocenters. The van der Waals surface area contributed by atoms with Gasteiger partial charge >= 0.3 is 0 Å². The number of hydrogen-bond donors (Lipinski definition) is 1. The molecule has 1 fully saturated rings. The summed E-state index contributed by atoms with van der Waals surface area (Å²) in [7, 11) is -1.47. The molecule has 0 aromatic heterocycles. The van der Waals surface area contributed by atoms with Gasteiger partial charge in [0.25, 0.3) is 5.91 Å². The molecule has 0 saturated heterocycles. The Balaban J connectivity index is 1.52. The molecule has 2 aromatic carbocycles. The number of anilines is 1. The second-order valence-corrected chi connectivity index (χ2v) is 14.5. The first kappa shape index (κ1) is 31.3. The molecule has 1 aliphatic carbocycles. The van der Waals surface area contributed by atoms with Crippen molar-refractivity contribution in [3.8, 4) is 5.75 Å². The largest absolute Gasteiger partial charge is 0.491 e. The SMILES string of the molecule is CCCc1cc(Cl)ccc1C1COc2ccc3cc2N(C1)CC1CCC1C(OCC)CCCC(C)C(C)S(=O)NC3=O. The van der Waals surface area contributed by atoms with E-state index in [1.54, 1.807) is 6.07 Å². The molecule has 1 amide bonds. The fourth-order valence-corrected chi connectivity index (χ4v) is 8.25.